The minimum Gasteiger partial charge on any atom is -0.508 e. The number of aromatic hydroxyl groups is 1. The second-order valence-electron chi connectivity index (χ2n) is 9.60. The van der Waals surface area contributed by atoms with E-state index in [1.54, 1.807) is 57.4 Å². The highest BCUT2D eigenvalue weighted by molar-refractivity contribution is 5.91. The van der Waals surface area contributed by atoms with Crippen LogP contribution in [-0.2, 0) is 20.7 Å². The number of nitrogens with one attached hydrogen (secondary N) is 1. The van der Waals surface area contributed by atoms with Crippen molar-refractivity contribution < 1.29 is 24.2 Å². The van der Waals surface area contributed by atoms with Crippen molar-refractivity contribution in [3.8, 4) is 5.75 Å². The van der Waals surface area contributed by atoms with Crippen molar-refractivity contribution in [1.29, 1.82) is 0 Å². The van der Waals surface area contributed by atoms with Gasteiger partial charge in [-0.15, -0.1) is 0 Å². The number of rotatable bonds is 9. The number of nitrogens with two attached hydrogens (primary N) is 1. The molecule has 10 heteroatoms. The molecular formula is C26H35N5O5. The molecule has 0 spiro atoms. The molecule has 2 atom stereocenters. The summed E-state index contributed by atoms with van der Waals surface area (Å²) in [5.74, 6) is -1.09. The molecule has 0 aliphatic carbocycles. The van der Waals surface area contributed by atoms with Gasteiger partial charge in [0.1, 0.15) is 29.8 Å². The Labute approximate surface area is 211 Å². The summed E-state index contributed by atoms with van der Waals surface area (Å²) in [6.07, 6.45) is 7.39. The van der Waals surface area contributed by atoms with Gasteiger partial charge in [0, 0.05) is 30.9 Å². The monoisotopic (exact) mass is 497 g/mol. The van der Waals surface area contributed by atoms with Crippen molar-refractivity contribution in [2.24, 2.45) is 5.73 Å². The summed E-state index contributed by atoms with van der Waals surface area (Å²) in [7, 11) is 0. The van der Waals surface area contributed by atoms with E-state index in [9.17, 15) is 19.5 Å². The number of phenolic OH excluding ortho intramolecular Hbond substituents is 1. The van der Waals surface area contributed by atoms with Gasteiger partial charge in [-0.2, -0.15) is 0 Å². The largest absolute Gasteiger partial charge is 0.508 e. The second kappa shape index (κ2) is 12.1. The van der Waals surface area contributed by atoms with Gasteiger partial charge in [-0.25, -0.2) is 14.8 Å². The van der Waals surface area contributed by atoms with Crippen LogP contribution in [0.3, 0.4) is 0 Å². The van der Waals surface area contributed by atoms with E-state index in [0.29, 0.717) is 0 Å². The van der Waals surface area contributed by atoms with Crippen LogP contribution in [-0.4, -0.2) is 62.1 Å². The van der Waals surface area contributed by atoms with Gasteiger partial charge in [-0.1, -0.05) is 12.2 Å². The Kier molecular flexibility index (Phi) is 9.54. The summed E-state index contributed by atoms with van der Waals surface area (Å²) in [6, 6.07) is 1.17. The van der Waals surface area contributed by atoms with Crippen molar-refractivity contribution in [2.75, 3.05) is 6.54 Å². The van der Waals surface area contributed by atoms with E-state index < -0.39 is 35.6 Å². The third kappa shape index (κ3) is 8.37. The Morgan fingerprint density at radius 3 is 2.28 bits per heavy atom. The Morgan fingerprint density at radius 2 is 1.75 bits per heavy atom. The zero-order chi connectivity index (χ0) is 27.0. The Hall–Kier alpha value is -3.95. The molecule has 4 N–H and O–H groups in total. The second-order valence-corrected chi connectivity index (χ2v) is 9.60. The van der Waals surface area contributed by atoms with Gasteiger partial charge in [-0.3, -0.25) is 9.59 Å². The van der Waals surface area contributed by atoms with Crippen LogP contribution < -0.4 is 11.1 Å². The minimum atomic E-state index is -1.06. The standard InChI is InChI=1S/C26H35N5O5/c1-16-10-20(32)11-17(2)21(16)12-22(30-25(35)36-26(4,5)6)24(34)31(18(3)23(27)33)9-7-8-19-13-28-15-29-14-19/h7-8,10-11,13-15,18,22,32H,9,12H2,1-6H3,(H2,27,33)(H,30,35)/b8-7+/t18-,22?/m1/s1. The fraction of sp³-hybridized carbons (Fsp3) is 0.423. The molecule has 194 valence electrons. The molecule has 0 fully saturated rings. The van der Waals surface area contributed by atoms with Crippen molar-refractivity contribution in [3.63, 3.8) is 0 Å². The molecule has 1 heterocycles. The topological polar surface area (TPSA) is 148 Å². The van der Waals surface area contributed by atoms with Crippen LogP contribution in [0.1, 0.15) is 49.9 Å². The highest BCUT2D eigenvalue weighted by Crippen LogP contribution is 2.23. The first-order chi connectivity index (χ1) is 16.8. The molecule has 0 aliphatic heterocycles. The van der Waals surface area contributed by atoms with Crippen LogP contribution in [0.2, 0.25) is 0 Å². The Morgan fingerprint density at radius 1 is 1.17 bits per heavy atom. The first-order valence-corrected chi connectivity index (χ1v) is 11.6. The maximum Gasteiger partial charge on any atom is 0.408 e. The molecule has 2 rings (SSSR count). The van der Waals surface area contributed by atoms with E-state index in [0.717, 1.165) is 22.3 Å². The summed E-state index contributed by atoms with van der Waals surface area (Å²) in [4.78, 5) is 47.7. The lowest BCUT2D eigenvalue weighted by Crippen LogP contribution is -2.55. The molecule has 0 saturated heterocycles. The number of alkyl carbamates (subject to hydrolysis) is 1. The van der Waals surface area contributed by atoms with E-state index in [2.05, 4.69) is 15.3 Å². The van der Waals surface area contributed by atoms with Crippen molar-refractivity contribution in [2.45, 2.75) is 65.6 Å². The van der Waals surface area contributed by atoms with Crippen LogP contribution in [0.15, 0.2) is 36.9 Å². The molecule has 0 saturated carbocycles. The summed E-state index contributed by atoms with van der Waals surface area (Å²) in [6.45, 7) is 10.4. The maximum atomic E-state index is 13.8. The van der Waals surface area contributed by atoms with Gasteiger partial charge in [0.2, 0.25) is 11.8 Å². The van der Waals surface area contributed by atoms with Gasteiger partial charge in [0.25, 0.3) is 0 Å². The van der Waals surface area contributed by atoms with Crippen LogP contribution in [0.4, 0.5) is 4.79 Å². The molecule has 2 aromatic rings. The van der Waals surface area contributed by atoms with Gasteiger partial charge < -0.3 is 25.8 Å². The molecule has 0 aliphatic rings. The lowest BCUT2D eigenvalue weighted by Gasteiger charge is -2.31. The number of aromatic nitrogens is 2. The predicted molar refractivity (Wildman–Crippen MR) is 136 cm³/mol. The SMILES string of the molecule is Cc1cc(O)cc(C)c1CC(NC(=O)OC(C)(C)C)C(=O)N(C/C=C/c1cncnc1)[C@H](C)C(N)=O. The highest BCUT2D eigenvalue weighted by atomic mass is 16.6. The summed E-state index contributed by atoms with van der Waals surface area (Å²) in [5.41, 5.74) is 7.79. The third-order valence-electron chi connectivity index (χ3n) is 5.43. The molecule has 1 aromatic heterocycles. The van der Waals surface area contributed by atoms with E-state index in [1.807, 2.05) is 13.8 Å². The van der Waals surface area contributed by atoms with Gasteiger partial charge in [0.05, 0.1) is 0 Å². The minimum absolute atomic E-state index is 0.0534. The lowest BCUT2D eigenvalue weighted by molar-refractivity contribution is -0.139. The van der Waals surface area contributed by atoms with Gasteiger partial charge in [-0.05, 0) is 70.4 Å². The number of carbonyl (C=O) groups excluding carboxylic acids is 3. The molecule has 0 radical (unpaired) electrons. The van der Waals surface area contributed by atoms with Crippen molar-refractivity contribution in [3.05, 3.63) is 59.2 Å². The van der Waals surface area contributed by atoms with E-state index in [-0.39, 0.29) is 18.7 Å². The number of aryl methyl sites for hydroxylation is 2. The number of phenols is 1. The molecule has 3 amide bonds. The van der Waals surface area contributed by atoms with Gasteiger partial charge in [0.15, 0.2) is 0 Å². The van der Waals surface area contributed by atoms with Crippen molar-refractivity contribution in [1.82, 2.24) is 20.2 Å². The first kappa shape index (κ1) is 28.3. The average molecular weight is 498 g/mol. The number of amides is 3. The fourth-order valence-corrected chi connectivity index (χ4v) is 3.64. The zero-order valence-electron chi connectivity index (χ0n) is 21.6. The smallest absolute Gasteiger partial charge is 0.408 e. The molecule has 1 aromatic carbocycles. The summed E-state index contributed by atoms with van der Waals surface area (Å²) in [5, 5.41) is 12.6. The van der Waals surface area contributed by atoms with E-state index in [4.69, 9.17) is 10.5 Å². The number of hydrogen-bond donors (Lipinski definition) is 3. The van der Waals surface area contributed by atoms with Gasteiger partial charge >= 0.3 is 6.09 Å². The zero-order valence-corrected chi connectivity index (χ0v) is 21.6. The molecule has 0 bridgehead atoms. The molecule has 36 heavy (non-hydrogen) atoms. The fourth-order valence-electron chi connectivity index (χ4n) is 3.64. The van der Waals surface area contributed by atoms with Crippen molar-refractivity contribution >= 4 is 24.0 Å². The van der Waals surface area contributed by atoms with Crippen LogP contribution >= 0.6 is 0 Å². The quantitative estimate of drug-likeness (QED) is 0.482. The number of ether oxygens (including phenoxy) is 1. The van der Waals surface area contributed by atoms with Crippen LogP contribution in [0.5, 0.6) is 5.75 Å². The maximum absolute atomic E-state index is 13.8. The van der Waals surface area contributed by atoms with Crippen LogP contribution in [0, 0.1) is 13.8 Å². The number of carbonyl (C=O) groups is 3. The lowest BCUT2D eigenvalue weighted by atomic mass is 9.95. The number of nitrogens with zero attached hydrogens (tertiary/aromatic N) is 3. The van der Waals surface area contributed by atoms with E-state index in [1.165, 1.54) is 18.2 Å². The Balaban J connectivity index is 2.40. The number of primary amides is 1. The highest BCUT2D eigenvalue weighted by Gasteiger charge is 2.32. The van der Waals surface area contributed by atoms with Crippen LogP contribution in [0.25, 0.3) is 6.08 Å². The Bertz CT molecular complexity index is 1090. The average Bonchev–Trinajstić information content (AvgIpc) is 2.76. The molecular weight excluding hydrogens is 462 g/mol. The number of benzene rings is 1. The molecule has 1 unspecified atom stereocenters. The third-order valence-corrected chi connectivity index (χ3v) is 5.43. The summed E-state index contributed by atoms with van der Waals surface area (Å²) >= 11 is 0. The normalized spacial score (nSPS) is 13.2. The summed E-state index contributed by atoms with van der Waals surface area (Å²) < 4.78 is 5.38. The van der Waals surface area contributed by atoms with E-state index >= 15 is 0 Å². The first-order valence-electron chi connectivity index (χ1n) is 11.6. The number of hydrogen-bond acceptors (Lipinski definition) is 7. The molecule has 10 nitrogen and oxygen atoms in total. The predicted octanol–water partition coefficient (Wildman–Crippen LogP) is 2.65.